The molecule has 0 saturated carbocycles. The fraction of sp³-hybridized carbons (Fsp3) is 0.250. The quantitative estimate of drug-likeness (QED) is 0.867. The van der Waals surface area contributed by atoms with Gasteiger partial charge >= 0.3 is 0 Å². The van der Waals surface area contributed by atoms with Crippen LogP contribution in [0, 0.1) is 5.82 Å². The molecule has 0 aliphatic rings. The molecule has 0 fully saturated rings. The van der Waals surface area contributed by atoms with Gasteiger partial charge in [0.1, 0.15) is 5.82 Å². The molecular weight excluding hydrogens is 319 g/mol. The highest BCUT2D eigenvalue weighted by Gasteiger charge is 2.22. The van der Waals surface area contributed by atoms with Crippen molar-refractivity contribution in [2.45, 2.75) is 18.9 Å². The normalized spacial score (nSPS) is 13.8. The number of hydrogen-bond acceptors (Lipinski definition) is 2. The molecule has 0 aliphatic heterocycles. The van der Waals surface area contributed by atoms with E-state index in [9.17, 15) is 4.39 Å². The second-order valence-electron chi connectivity index (χ2n) is 5.20. The Bertz CT molecular complexity index is 504. The summed E-state index contributed by atoms with van der Waals surface area (Å²) in [7, 11) is 0. The minimum absolute atomic E-state index is 0.238. The summed E-state index contributed by atoms with van der Waals surface area (Å²) in [6.45, 7) is 2.55. The third kappa shape index (κ3) is 4.05. The summed E-state index contributed by atoms with van der Waals surface area (Å²) in [4.78, 5) is 0. The van der Waals surface area contributed by atoms with Crippen molar-refractivity contribution in [3.8, 4) is 0 Å². The lowest BCUT2D eigenvalue weighted by atomic mass is 9.92. The smallest absolute Gasteiger partial charge is 0.123 e. The van der Waals surface area contributed by atoms with E-state index in [0.29, 0.717) is 6.54 Å². The van der Waals surface area contributed by atoms with Crippen LogP contribution in [0.2, 0.25) is 0 Å². The van der Waals surface area contributed by atoms with Gasteiger partial charge in [-0.3, -0.25) is 0 Å². The number of anilines is 1. The van der Waals surface area contributed by atoms with Crippen molar-refractivity contribution in [3.63, 3.8) is 0 Å². The van der Waals surface area contributed by atoms with E-state index in [0.717, 1.165) is 16.6 Å². The Morgan fingerprint density at radius 1 is 1.10 bits per heavy atom. The number of nitrogens with two attached hydrogens (primary N) is 1. The fourth-order valence-electron chi connectivity index (χ4n) is 2.10. The first-order valence-electron chi connectivity index (χ1n) is 6.49. The van der Waals surface area contributed by atoms with Gasteiger partial charge in [-0.2, -0.15) is 0 Å². The molecule has 106 valence electrons. The molecule has 0 radical (unpaired) electrons. The second kappa shape index (κ2) is 6.37. The summed E-state index contributed by atoms with van der Waals surface area (Å²) < 4.78 is 14.0. The summed E-state index contributed by atoms with van der Waals surface area (Å²) in [5.41, 5.74) is 7.72. The first kappa shape index (κ1) is 15.0. The molecule has 0 saturated heterocycles. The van der Waals surface area contributed by atoms with Crippen LogP contribution in [-0.4, -0.2) is 12.1 Å². The average molecular weight is 337 g/mol. The Kier molecular flexibility index (Phi) is 4.78. The summed E-state index contributed by atoms with van der Waals surface area (Å²) in [5.74, 6) is -0.238. The van der Waals surface area contributed by atoms with Crippen LogP contribution in [0.3, 0.4) is 0 Å². The highest BCUT2D eigenvalue weighted by atomic mass is 79.9. The number of rotatable bonds is 5. The average Bonchev–Trinajstić information content (AvgIpc) is 2.44. The van der Waals surface area contributed by atoms with Gasteiger partial charge in [0.2, 0.25) is 0 Å². The molecule has 3 N–H and O–H groups in total. The molecule has 1 unspecified atom stereocenters. The van der Waals surface area contributed by atoms with Gasteiger partial charge in [-0.1, -0.05) is 28.1 Å². The molecule has 2 aromatic carbocycles. The first-order valence-corrected chi connectivity index (χ1v) is 7.28. The fourth-order valence-corrected chi connectivity index (χ4v) is 2.37. The zero-order valence-corrected chi connectivity index (χ0v) is 13.0. The van der Waals surface area contributed by atoms with Gasteiger partial charge in [0.05, 0.1) is 5.54 Å². The Hall–Kier alpha value is -1.39. The Balaban J connectivity index is 2.12. The molecule has 0 heterocycles. The number of nitrogens with one attached hydrogen (secondary N) is 1. The number of benzene rings is 2. The molecule has 1 atom stereocenters. The van der Waals surface area contributed by atoms with Gasteiger partial charge < -0.3 is 11.1 Å². The summed E-state index contributed by atoms with van der Waals surface area (Å²) in [5, 5.41) is 3.39. The predicted molar refractivity (Wildman–Crippen MR) is 85.3 cm³/mol. The molecular formula is C16H18BrFN2. The zero-order valence-electron chi connectivity index (χ0n) is 11.4. The monoisotopic (exact) mass is 336 g/mol. The molecule has 0 amide bonds. The highest BCUT2D eigenvalue weighted by molar-refractivity contribution is 9.10. The zero-order chi connectivity index (χ0) is 14.6. The minimum Gasteiger partial charge on any atom is -0.378 e. The maximum Gasteiger partial charge on any atom is 0.123 e. The second-order valence-corrected chi connectivity index (χ2v) is 6.12. The molecule has 0 aliphatic carbocycles. The summed E-state index contributed by atoms with van der Waals surface area (Å²) in [6, 6.07) is 14.5. The van der Waals surface area contributed by atoms with E-state index in [1.54, 1.807) is 12.1 Å². The Morgan fingerprint density at radius 3 is 2.25 bits per heavy atom. The van der Waals surface area contributed by atoms with Crippen molar-refractivity contribution in [2.75, 3.05) is 11.9 Å². The molecule has 0 bridgehead atoms. The molecule has 20 heavy (non-hydrogen) atoms. The van der Waals surface area contributed by atoms with Crippen molar-refractivity contribution in [3.05, 3.63) is 64.4 Å². The Morgan fingerprint density at radius 2 is 1.70 bits per heavy atom. The van der Waals surface area contributed by atoms with Gasteiger partial charge in [0, 0.05) is 16.7 Å². The van der Waals surface area contributed by atoms with Crippen molar-refractivity contribution >= 4 is 21.6 Å². The van der Waals surface area contributed by atoms with Gasteiger partial charge in [-0.05, 0) is 55.3 Å². The van der Waals surface area contributed by atoms with Crippen molar-refractivity contribution in [1.29, 1.82) is 0 Å². The van der Waals surface area contributed by atoms with Crippen LogP contribution in [0.5, 0.6) is 0 Å². The van der Waals surface area contributed by atoms with Crippen LogP contribution in [0.1, 0.15) is 12.5 Å². The van der Waals surface area contributed by atoms with Crippen LogP contribution in [0.4, 0.5) is 10.1 Å². The molecule has 0 aromatic heterocycles. The lowest BCUT2D eigenvalue weighted by Crippen LogP contribution is -2.44. The third-order valence-electron chi connectivity index (χ3n) is 3.25. The first-order chi connectivity index (χ1) is 9.50. The molecule has 4 heteroatoms. The molecule has 2 nitrogen and oxygen atoms in total. The van der Waals surface area contributed by atoms with Crippen LogP contribution in [-0.2, 0) is 6.42 Å². The van der Waals surface area contributed by atoms with E-state index in [2.05, 4.69) is 40.3 Å². The topological polar surface area (TPSA) is 38.0 Å². The molecule has 2 aromatic rings. The maximum atomic E-state index is 12.9. The largest absolute Gasteiger partial charge is 0.378 e. The lowest BCUT2D eigenvalue weighted by molar-refractivity contribution is 0.520. The van der Waals surface area contributed by atoms with E-state index in [-0.39, 0.29) is 11.4 Å². The van der Waals surface area contributed by atoms with Crippen molar-refractivity contribution in [1.82, 2.24) is 0 Å². The van der Waals surface area contributed by atoms with Gasteiger partial charge in [0.25, 0.3) is 0 Å². The van der Waals surface area contributed by atoms with Crippen LogP contribution >= 0.6 is 15.9 Å². The number of halogens is 2. The minimum atomic E-state index is -0.272. The SMILES string of the molecule is CC(CN)(Cc1ccc(Br)cc1)Nc1ccc(F)cc1. The van der Waals surface area contributed by atoms with Crippen molar-refractivity contribution in [2.24, 2.45) is 5.73 Å². The van der Waals surface area contributed by atoms with E-state index in [1.807, 2.05) is 12.1 Å². The summed E-state index contributed by atoms with van der Waals surface area (Å²) >= 11 is 3.43. The van der Waals surface area contributed by atoms with E-state index < -0.39 is 0 Å². The van der Waals surface area contributed by atoms with Crippen molar-refractivity contribution < 1.29 is 4.39 Å². The molecule has 2 rings (SSSR count). The van der Waals surface area contributed by atoms with Gasteiger partial charge in [-0.25, -0.2) is 4.39 Å². The maximum absolute atomic E-state index is 12.9. The highest BCUT2D eigenvalue weighted by Crippen LogP contribution is 2.21. The third-order valence-corrected chi connectivity index (χ3v) is 3.78. The van der Waals surface area contributed by atoms with E-state index in [4.69, 9.17) is 5.73 Å². The Labute approximate surface area is 127 Å². The molecule has 0 spiro atoms. The van der Waals surface area contributed by atoms with E-state index >= 15 is 0 Å². The van der Waals surface area contributed by atoms with Crippen LogP contribution in [0.15, 0.2) is 53.0 Å². The van der Waals surface area contributed by atoms with Crippen LogP contribution in [0.25, 0.3) is 0 Å². The summed E-state index contributed by atoms with van der Waals surface area (Å²) in [6.07, 6.45) is 0.800. The van der Waals surface area contributed by atoms with Gasteiger partial charge in [0.15, 0.2) is 0 Å². The lowest BCUT2D eigenvalue weighted by Gasteiger charge is -2.31. The standard InChI is InChI=1S/C16H18BrFN2/c1-16(11-19,10-12-2-4-13(17)5-3-12)20-15-8-6-14(18)7-9-15/h2-9,20H,10-11,19H2,1H3. The number of hydrogen-bond donors (Lipinski definition) is 2. The van der Waals surface area contributed by atoms with E-state index in [1.165, 1.54) is 17.7 Å². The van der Waals surface area contributed by atoms with Gasteiger partial charge in [-0.15, -0.1) is 0 Å². The predicted octanol–water partition coefficient (Wildman–Crippen LogP) is 3.96. The van der Waals surface area contributed by atoms with Crippen LogP contribution < -0.4 is 11.1 Å².